The standard InChI is InChI=1S/C19H28N4O2S2/c1-13(2)27(24,25)21-12-15-7-9-16(10-8-15)22-19-23-18(14(3)26-19)17-6-4-5-11-20-17/h4-6,11,13,15-16,21H,7-10,12H2,1-3H3,(H,22,23)/t15-,16-. The molecule has 0 atom stereocenters. The Morgan fingerprint density at radius 3 is 2.59 bits per heavy atom. The number of hydrogen-bond acceptors (Lipinski definition) is 6. The molecule has 2 N–H and O–H groups in total. The lowest BCUT2D eigenvalue weighted by Gasteiger charge is -2.29. The molecule has 8 heteroatoms. The van der Waals surface area contributed by atoms with Crippen LogP contribution in [-0.4, -0.2) is 36.2 Å². The summed E-state index contributed by atoms with van der Waals surface area (Å²) in [7, 11) is -3.17. The summed E-state index contributed by atoms with van der Waals surface area (Å²) in [5.74, 6) is 0.415. The lowest BCUT2D eigenvalue weighted by Crippen LogP contribution is -2.37. The minimum absolute atomic E-state index is 0.378. The topological polar surface area (TPSA) is 84.0 Å². The zero-order valence-corrected chi connectivity index (χ0v) is 17.7. The Kier molecular flexibility index (Phi) is 6.49. The van der Waals surface area contributed by atoms with Crippen LogP contribution in [0, 0.1) is 12.8 Å². The summed E-state index contributed by atoms with van der Waals surface area (Å²) < 4.78 is 26.5. The Labute approximate surface area is 165 Å². The smallest absolute Gasteiger partial charge is 0.213 e. The number of nitrogens with one attached hydrogen (secondary N) is 2. The zero-order valence-electron chi connectivity index (χ0n) is 16.1. The van der Waals surface area contributed by atoms with E-state index in [1.807, 2.05) is 18.2 Å². The summed E-state index contributed by atoms with van der Waals surface area (Å²) in [5, 5.41) is 4.13. The Bertz CT molecular complexity index is 842. The monoisotopic (exact) mass is 408 g/mol. The molecule has 0 bridgehead atoms. The Morgan fingerprint density at radius 1 is 1.22 bits per heavy atom. The van der Waals surface area contributed by atoms with E-state index >= 15 is 0 Å². The molecule has 2 aromatic heterocycles. The van der Waals surface area contributed by atoms with Gasteiger partial charge in [-0.1, -0.05) is 6.07 Å². The molecule has 27 heavy (non-hydrogen) atoms. The highest BCUT2D eigenvalue weighted by Gasteiger charge is 2.24. The first-order valence-electron chi connectivity index (χ1n) is 9.49. The molecule has 0 aromatic carbocycles. The van der Waals surface area contributed by atoms with Gasteiger partial charge in [-0.25, -0.2) is 18.1 Å². The number of anilines is 1. The zero-order chi connectivity index (χ0) is 19.4. The van der Waals surface area contributed by atoms with Gasteiger partial charge in [-0.05, 0) is 64.5 Å². The molecule has 1 aliphatic rings. The minimum atomic E-state index is -3.17. The van der Waals surface area contributed by atoms with Crippen molar-refractivity contribution in [2.24, 2.45) is 5.92 Å². The normalized spacial score (nSPS) is 20.7. The van der Waals surface area contributed by atoms with Crippen molar-refractivity contribution in [1.82, 2.24) is 14.7 Å². The summed E-state index contributed by atoms with van der Waals surface area (Å²) in [5.41, 5.74) is 1.85. The van der Waals surface area contributed by atoms with E-state index < -0.39 is 10.0 Å². The van der Waals surface area contributed by atoms with E-state index in [0.717, 1.165) is 47.1 Å². The summed E-state index contributed by atoms with van der Waals surface area (Å²) in [4.78, 5) is 10.3. The maximum Gasteiger partial charge on any atom is 0.213 e. The molecule has 3 rings (SSSR count). The highest BCUT2D eigenvalue weighted by atomic mass is 32.2. The van der Waals surface area contributed by atoms with Crippen molar-refractivity contribution in [2.45, 2.75) is 57.7 Å². The largest absolute Gasteiger partial charge is 0.359 e. The fourth-order valence-electron chi connectivity index (χ4n) is 3.28. The maximum atomic E-state index is 11.9. The number of sulfonamides is 1. The third-order valence-corrected chi connectivity index (χ3v) is 7.78. The number of aromatic nitrogens is 2. The van der Waals surface area contributed by atoms with E-state index in [4.69, 9.17) is 4.98 Å². The van der Waals surface area contributed by atoms with Crippen molar-refractivity contribution in [3.63, 3.8) is 0 Å². The molecule has 0 amide bonds. The van der Waals surface area contributed by atoms with Gasteiger partial charge in [-0.3, -0.25) is 4.98 Å². The molecule has 1 fully saturated rings. The molecule has 2 heterocycles. The minimum Gasteiger partial charge on any atom is -0.359 e. The Balaban J connectivity index is 1.51. The van der Waals surface area contributed by atoms with Crippen LogP contribution in [0.5, 0.6) is 0 Å². The van der Waals surface area contributed by atoms with E-state index in [1.54, 1.807) is 31.4 Å². The van der Waals surface area contributed by atoms with Crippen LogP contribution in [0.15, 0.2) is 24.4 Å². The molecule has 2 aromatic rings. The Hall–Kier alpha value is -1.51. The lowest BCUT2D eigenvalue weighted by molar-refractivity contribution is 0.337. The van der Waals surface area contributed by atoms with E-state index in [0.29, 0.717) is 18.5 Å². The number of nitrogens with zero attached hydrogens (tertiary/aromatic N) is 2. The van der Waals surface area contributed by atoms with Crippen molar-refractivity contribution in [1.29, 1.82) is 0 Å². The van der Waals surface area contributed by atoms with E-state index in [-0.39, 0.29) is 5.25 Å². The second-order valence-corrected chi connectivity index (χ2v) is 11.0. The van der Waals surface area contributed by atoms with Crippen molar-refractivity contribution < 1.29 is 8.42 Å². The van der Waals surface area contributed by atoms with Crippen molar-refractivity contribution >= 4 is 26.5 Å². The van der Waals surface area contributed by atoms with Crippen LogP contribution in [-0.2, 0) is 10.0 Å². The summed E-state index contributed by atoms with van der Waals surface area (Å²) >= 11 is 1.67. The van der Waals surface area contributed by atoms with Crippen LogP contribution in [0.3, 0.4) is 0 Å². The first-order chi connectivity index (χ1) is 12.8. The first kappa shape index (κ1) is 20.2. The molecule has 1 aliphatic carbocycles. The van der Waals surface area contributed by atoms with Crippen LogP contribution in [0.25, 0.3) is 11.4 Å². The van der Waals surface area contributed by atoms with Gasteiger partial charge in [0.2, 0.25) is 10.0 Å². The predicted octanol–water partition coefficient (Wildman–Crippen LogP) is 3.81. The van der Waals surface area contributed by atoms with Gasteiger partial charge in [0.25, 0.3) is 0 Å². The van der Waals surface area contributed by atoms with Crippen LogP contribution in [0.1, 0.15) is 44.4 Å². The molecule has 0 saturated heterocycles. The van der Waals surface area contributed by atoms with E-state index in [9.17, 15) is 8.42 Å². The van der Waals surface area contributed by atoms with Crippen LogP contribution < -0.4 is 10.0 Å². The molecule has 148 valence electrons. The van der Waals surface area contributed by atoms with Gasteiger partial charge in [-0.2, -0.15) is 0 Å². The van der Waals surface area contributed by atoms with Crippen molar-refractivity contribution in [3.8, 4) is 11.4 Å². The van der Waals surface area contributed by atoms with E-state index in [1.165, 1.54) is 0 Å². The SMILES string of the molecule is Cc1sc(N[C@H]2CC[C@H](CNS(=O)(=O)C(C)C)CC2)nc1-c1ccccn1. The number of pyridine rings is 1. The molecule has 6 nitrogen and oxygen atoms in total. The predicted molar refractivity (Wildman–Crippen MR) is 112 cm³/mol. The first-order valence-corrected chi connectivity index (χ1v) is 11.9. The van der Waals surface area contributed by atoms with Crippen LogP contribution in [0.2, 0.25) is 0 Å². The number of rotatable bonds is 7. The average Bonchev–Trinajstić information content (AvgIpc) is 3.02. The summed E-state index contributed by atoms with van der Waals surface area (Å²) in [6.07, 6.45) is 5.90. The third kappa shape index (κ3) is 5.27. The molecule has 0 radical (unpaired) electrons. The highest BCUT2D eigenvalue weighted by molar-refractivity contribution is 7.90. The number of thiazole rings is 1. The average molecular weight is 409 g/mol. The molecule has 1 saturated carbocycles. The van der Waals surface area contributed by atoms with Gasteiger partial charge >= 0.3 is 0 Å². The molecular weight excluding hydrogens is 380 g/mol. The number of hydrogen-bond donors (Lipinski definition) is 2. The van der Waals surface area contributed by atoms with Gasteiger partial charge in [0.15, 0.2) is 5.13 Å². The summed E-state index contributed by atoms with van der Waals surface area (Å²) in [6.45, 7) is 6.04. The molecule has 0 aliphatic heterocycles. The number of aryl methyl sites for hydroxylation is 1. The van der Waals surface area contributed by atoms with Gasteiger partial charge in [-0.15, -0.1) is 11.3 Å². The van der Waals surface area contributed by atoms with Gasteiger partial charge in [0, 0.05) is 23.7 Å². The van der Waals surface area contributed by atoms with Crippen LogP contribution >= 0.6 is 11.3 Å². The maximum absolute atomic E-state index is 11.9. The molecule has 0 unspecified atom stereocenters. The second kappa shape index (κ2) is 8.67. The van der Waals surface area contributed by atoms with Gasteiger partial charge in [0.1, 0.15) is 5.69 Å². The molecule has 0 spiro atoms. The van der Waals surface area contributed by atoms with Gasteiger partial charge in [0.05, 0.1) is 10.9 Å². The quantitative estimate of drug-likeness (QED) is 0.728. The Morgan fingerprint density at radius 2 is 1.96 bits per heavy atom. The second-order valence-electron chi connectivity index (χ2n) is 7.44. The fraction of sp³-hybridized carbons (Fsp3) is 0.579. The van der Waals surface area contributed by atoms with Crippen molar-refractivity contribution in [2.75, 3.05) is 11.9 Å². The third-order valence-electron chi connectivity index (χ3n) is 5.07. The van der Waals surface area contributed by atoms with Crippen molar-refractivity contribution in [3.05, 3.63) is 29.3 Å². The summed E-state index contributed by atoms with van der Waals surface area (Å²) in [6, 6.07) is 6.26. The molecular formula is C19H28N4O2S2. The lowest BCUT2D eigenvalue weighted by atomic mass is 9.86. The van der Waals surface area contributed by atoms with Gasteiger partial charge < -0.3 is 5.32 Å². The van der Waals surface area contributed by atoms with E-state index in [2.05, 4.69) is 21.9 Å². The highest BCUT2D eigenvalue weighted by Crippen LogP contribution is 2.32. The fourth-order valence-corrected chi connectivity index (χ4v) is 4.99. The van der Waals surface area contributed by atoms with Crippen LogP contribution in [0.4, 0.5) is 5.13 Å².